The average Bonchev–Trinajstić information content (AvgIpc) is 3.04. The molecule has 0 heterocycles. The van der Waals surface area contributed by atoms with Gasteiger partial charge in [0.05, 0.1) is 5.02 Å². The minimum absolute atomic E-state index is 0.0478. The Morgan fingerprint density at radius 1 is 1.47 bits per heavy atom. The molecule has 0 aliphatic heterocycles. The molecule has 1 aromatic rings. The highest BCUT2D eigenvalue weighted by molar-refractivity contribution is 7.89. The molecule has 4 nitrogen and oxygen atoms in total. The van der Waals surface area contributed by atoms with Gasteiger partial charge in [-0.15, -0.1) is 0 Å². The number of benzene rings is 1. The third-order valence-corrected chi connectivity index (χ3v) is 4.96. The minimum atomic E-state index is -3.58. The van der Waals surface area contributed by atoms with Crippen LogP contribution in [0.15, 0.2) is 23.1 Å². The molecule has 0 bridgehead atoms. The molecule has 1 aliphatic rings. The number of anilines is 1. The van der Waals surface area contributed by atoms with Gasteiger partial charge < -0.3 is 5.73 Å². The Hall–Kier alpha value is -0.780. The lowest BCUT2D eigenvalue weighted by molar-refractivity contribution is 0.538. The first kappa shape index (κ1) is 12.7. The summed E-state index contributed by atoms with van der Waals surface area (Å²) in [5.41, 5.74) is 5.96. The zero-order valence-electron chi connectivity index (χ0n) is 9.48. The van der Waals surface area contributed by atoms with Crippen molar-refractivity contribution in [3.63, 3.8) is 0 Å². The number of hydrogen-bond acceptors (Lipinski definition) is 3. The monoisotopic (exact) mass is 274 g/mol. The summed E-state index contributed by atoms with van der Waals surface area (Å²) in [7, 11) is -3.58. The van der Waals surface area contributed by atoms with Crippen molar-refractivity contribution in [3.05, 3.63) is 23.2 Å². The lowest BCUT2D eigenvalue weighted by Gasteiger charge is -2.14. The number of nitrogen functional groups attached to an aromatic ring is 1. The van der Waals surface area contributed by atoms with Crippen molar-refractivity contribution in [3.8, 4) is 0 Å². The van der Waals surface area contributed by atoms with E-state index >= 15 is 0 Å². The first-order valence-electron chi connectivity index (χ1n) is 5.47. The molecule has 1 saturated carbocycles. The topological polar surface area (TPSA) is 72.2 Å². The molecule has 1 aliphatic carbocycles. The van der Waals surface area contributed by atoms with Crippen molar-refractivity contribution in [1.29, 1.82) is 0 Å². The molecule has 0 saturated heterocycles. The maximum atomic E-state index is 12.1. The molecule has 1 atom stereocenters. The van der Waals surface area contributed by atoms with Crippen molar-refractivity contribution >= 4 is 27.3 Å². The van der Waals surface area contributed by atoms with Crippen molar-refractivity contribution < 1.29 is 8.42 Å². The van der Waals surface area contributed by atoms with Gasteiger partial charge in [-0.1, -0.05) is 11.6 Å². The molecular weight excluding hydrogens is 260 g/mol. The van der Waals surface area contributed by atoms with E-state index in [-0.39, 0.29) is 16.0 Å². The van der Waals surface area contributed by atoms with Crippen molar-refractivity contribution in [1.82, 2.24) is 4.72 Å². The Bertz CT molecular complexity index is 526. The zero-order valence-corrected chi connectivity index (χ0v) is 11.1. The summed E-state index contributed by atoms with van der Waals surface area (Å²) in [5, 5.41) is 0.190. The third-order valence-electron chi connectivity index (χ3n) is 2.91. The molecule has 17 heavy (non-hydrogen) atoms. The standard InChI is InChI=1S/C11H15ClN2O2S/c1-7(8-2-3-8)14-17(15,16)11-6-9(13)4-5-10(11)12/h4-8,14H,2-3,13H2,1H3. The minimum Gasteiger partial charge on any atom is -0.399 e. The van der Waals surface area contributed by atoms with Crippen molar-refractivity contribution in [2.45, 2.75) is 30.7 Å². The van der Waals surface area contributed by atoms with Gasteiger partial charge in [-0.25, -0.2) is 13.1 Å². The van der Waals surface area contributed by atoms with Crippen LogP contribution in [0.5, 0.6) is 0 Å². The van der Waals surface area contributed by atoms with Gasteiger partial charge in [0.1, 0.15) is 4.90 Å². The smallest absolute Gasteiger partial charge is 0.242 e. The van der Waals surface area contributed by atoms with Crippen molar-refractivity contribution in [2.75, 3.05) is 5.73 Å². The van der Waals surface area contributed by atoms with Crippen LogP contribution in [-0.2, 0) is 10.0 Å². The van der Waals surface area contributed by atoms with Gasteiger partial charge in [0.25, 0.3) is 0 Å². The van der Waals surface area contributed by atoms with Crippen LogP contribution in [0, 0.1) is 5.92 Å². The molecule has 1 aromatic carbocycles. The summed E-state index contributed by atoms with van der Waals surface area (Å²) in [4.78, 5) is 0.0478. The average molecular weight is 275 g/mol. The van der Waals surface area contributed by atoms with Crippen LogP contribution in [0.1, 0.15) is 19.8 Å². The molecule has 0 spiro atoms. The largest absolute Gasteiger partial charge is 0.399 e. The molecule has 1 fully saturated rings. The van der Waals surface area contributed by atoms with Gasteiger partial charge in [-0.3, -0.25) is 0 Å². The van der Waals surface area contributed by atoms with Gasteiger partial charge in [0.15, 0.2) is 0 Å². The molecule has 1 unspecified atom stereocenters. The van der Waals surface area contributed by atoms with E-state index in [2.05, 4.69) is 4.72 Å². The molecule has 0 radical (unpaired) electrons. The van der Waals surface area contributed by atoms with E-state index in [4.69, 9.17) is 17.3 Å². The molecule has 0 aromatic heterocycles. The second-order valence-corrected chi connectivity index (χ2v) is 6.53. The van der Waals surface area contributed by atoms with Crippen LogP contribution >= 0.6 is 11.6 Å². The second kappa shape index (κ2) is 4.48. The van der Waals surface area contributed by atoms with Gasteiger partial charge in [-0.05, 0) is 43.9 Å². The molecule has 94 valence electrons. The number of sulfonamides is 1. The highest BCUT2D eigenvalue weighted by Gasteiger charge is 2.31. The molecule has 0 amide bonds. The summed E-state index contributed by atoms with van der Waals surface area (Å²) in [6, 6.07) is 4.39. The van der Waals surface area contributed by atoms with Crippen LogP contribution in [0.2, 0.25) is 5.02 Å². The summed E-state index contributed by atoms with van der Waals surface area (Å²) in [5.74, 6) is 0.449. The predicted molar refractivity (Wildman–Crippen MR) is 68.4 cm³/mol. The van der Waals surface area contributed by atoms with E-state index in [0.29, 0.717) is 11.6 Å². The molecule has 2 rings (SSSR count). The number of hydrogen-bond donors (Lipinski definition) is 2. The van der Waals surface area contributed by atoms with Gasteiger partial charge in [-0.2, -0.15) is 0 Å². The Balaban J connectivity index is 2.27. The molecule has 3 N–H and O–H groups in total. The first-order valence-corrected chi connectivity index (χ1v) is 7.33. The van der Waals surface area contributed by atoms with E-state index in [1.54, 1.807) is 6.07 Å². The highest BCUT2D eigenvalue weighted by atomic mass is 35.5. The normalized spacial score (nSPS) is 18.0. The second-order valence-electron chi connectivity index (χ2n) is 4.44. The van der Waals surface area contributed by atoms with E-state index in [0.717, 1.165) is 12.8 Å². The van der Waals surface area contributed by atoms with Gasteiger partial charge >= 0.3 is 0 Å². The molecular formula is C11H15ClN2O2S. The van der Waals surface area contributed by atoms with E-state index in [1.807, 2.05) is 6.92 Å². The Morgan fingerprint density at radius 2 is 2.12 bits per heavy atom. The molecule has 6 heteroatoms. The van der Waals surface area contributed by atoms with Crippen molar-refractivity contribution in [2.24, 2.45) is 5.92 Å². The fourth-order valence-electron chi connectivity index (χ4n) is 1.73. The summed E-state index contributed by atoms with van der Waals surface area (Å²) < 4.78 is 26.8. The number of halogens is 1. The van der Waals surface area contributed by atoms with E-state index in [1.165, 1.54) is 12.1 Å². The Kier molecular flexibility index (Phi) is 3.34. The van der Waals surface area contributed by atoms with Crippen LogP contribution in [-0.4, -0.2) is 14.5 Å². The van der Waals surface area contributed by atoms with E-state index < -0.39 is 10.0 Å². The Morgan fingerprint density at radius 3 is 2.71 bits per heavy atom. The fourth-order valence-corrected chi connectivity index (χ4v) is 3.57. The SMILES string of the molecule is CC(NS(=O)(=O)c1cc(N)ccc1Cl)C1CC1. The Labute approximate surface area is 106 Å². The van der Waals surface area contributed by atoms with Crippen LogP contribution in [0.25, 0.3) is 0 Å². The maximum Gasteiger partial charge on any atom is 0.242 e. The number of rotatable bonds is 4. The quantitative estimate of drug-likeness (QED) is 0.825. The lowest BCUT2D eigenvalue weighted by Crippen LogP contribution is -2.34. The van der Waals surface area contributed by atoms with Gasteiger partial charge in [0, 0.05) is 11.7 Å². The number of nitrogens with two attached hydrogens (primary N) is 1. The number of nitrogens with one attached hydrogen (secondary N) is 1. The van der Waals surface area contributed by atoms with Crippen LogP contribution in [0.3, 0.4) is 0 Å². The fraction of sp³-hybridized carbons (Fsp3) is 0.455. The van der Waals surface area contributed by atoms with Crippen LogP contribution in [0.4, 0.5) is 5.69 Å². The predicted octanol–water partition coefficient (Wildman–Crippen LogP) is 2.00. The lowest BCUT2D eigenvalue weighted by atomic mass is 10.2. The maximum absolute atomic E-state index is 12.1. The highest BCUT2D eigenvalue weighted by Crippen LogP contribution is 2.33. The summed E-state index contributed by atoms with van der Waals surface area (Å²) >= 11 is 5.88. The third kappa shape index (κ3) is 2.91. The zero-order chi connectivity index (χ0) is 12.6. The van der Waals surface area contributed by atoms with E-state index in [9.17, 15) is 8.42 Å². The van der Waals surface area contributed by atoms with Gasteiger partial charge in [0.2, 0.25) is 10.0 Å². The first-order chi connectivity index (χ1) is 7.90. The summed E-state index contributed by atoms with van der Waals surface area (Å²) in [6.07, 6.45) is 2.16. The van der Waals surface area contributed by atoms with Crippen LogP contribution < -0.4 is 10.5 Å². The summed E-state index contributed by atoms with van der Waals surface area (Å²) in [6.45, 7) is 1.87.